The maximum Gasteiger partial charge on any atom is 0.271 e. The highest BCUT2D eigenvalue weighted by Gasteiger charge is 2.06. The van der Waals surface area contributed by atoms with E-state index < -0.39 is 11.8 Å². The number of fused-ring (bicyclic) bond motifs is 1. The van der Waals surface area contributed by atoms with Gasteiger partial charge < -0.3 is 4.42 Å². The van der Waals surface area contributed by atoms with E-state index in [4.69, 9.17) is 4.42 Å². The molecule has 0 fully saturated rings. The van der Waals surface area contributed by atoms with E-state index in [-0.39, 0.29) is 0 Å². The van der Waals surface area contributed by atoms with Crippen LogP contribution in [0.15, 0.2) is 59.3 Å². The van der Waals surface area contributed by atoms with Crippen molar-refractivity contribution in [1.29, 1.82) is 0 Å². The lowest BCUT2D eigenvalue weighted by Gasteiger charge is -2.04. The Morgan fingerprint density at radius 3 is 2.74 bits per heavy atom. The van der Waals surface area contributed by atoms with E-state index in [2.05, 4.69) is 20.8 Å². The first-order valence-corrected chi connectivity index (χ1v) is 6.76. The zero-order chi connectivity index (χ0) is 16.1. The quantitative estimate of drug-likeness (QED) is 0.567. The molecule has 2 N–H and O–H groups in total. The predicted molar refractivity (Wildman–Crippen MR) is 82.9 cm³/mol. The number of pyridine rings is 1. The van der Waals surface area contributed by atoms with Gasteiger partial charge in [0, 0.05) is 24.5 Å². The molecule has 0 aliphatic heterocycles. The number of carbonyl (C=O) groups excluding carboxylic acids is 2. The van der Waals surface area contributed by atoms with Crippen molar-refractivity contribution in [2.24, 2.45) is 0 Å². The highest BCUT2D eigenvalue weighted by atomic mass is 16.3. The molecule has 0 spiro atoms. The molecule has 2 heterocycles. The number of amides is 2. The van der Waals surface area contributed by atoms with Gasteiger partial charge in [0.2, 0.25) is 5.89 Å². The molecule has 114 valence electrons. The third kappa shape index (κ3) is 3.59. The molecule has 0 radical (unpaired) electrons. The molecule has 23 heavy (non-hydrogen) atoms. The Hall–Kier alpha value is -3.48. The largest absolute Gasteiger partial charge is 0.437 e. The van der Waals surface area contributed by atoms with Gasteiger partial charge in [-0.15, -0.1) is 0 Å². The van der Waals surface area contributed by atoms with Crippen molar-refractivity contribution in [1.82, 2.24) is 20.8 Å². The second kappa shape index (κ2) is 6.52. The zero-order valence-corrected chi connectivity index (χ0v) is 11.9. The number of hydrazine groups is 1. The van der Waals surface area contributed by atoms with Gasteiger partial charge in [0.1, 0.15) is 5.52 Å². The zero-order valence-electron chi connectivity index (χ0n) is 11.9. The maximum absolute atomic E-state index is 11.7. The summed E-state index contributed by atoms with van der Waals surface area (Å²) in [6.45, 7) is 0. The van der Waals surface area contributed by atoms with E-state index in [0.717, 1.165) is 0 Å². The van der Waals surface area contributed by atoms with E-state index in [0.29, 0.717) is 22.6 Å². The summed E-state index contributed by atoms with van der Waals surface area (Å²) in [5.74, 6) is -0.661. The maximum atomic E-state index is 11.7. The minimum Gasteiger partial charge on any atom is -0.437 e. The van der Waals surface area contributed by atoms with Crippen molar-refractivity contribution in [3.63, 3.8) is 0 Å². The molecule has 0 unspecified atom stereocenters. The number of nitrogens with zero attached hydrogens (tertiary/aromatic N) is 2. The Labute approximate surface area is 131 Å². The summed E-state index contributed by atoms with van der Waals surface area (Å²) in [6.07, 6.45) is 5.59. The second-order valence-corrected chi connectivity index (χ2v) is 4.54. The first kappa shape index (κ1) is 14.5. The molecule has 3 rings (SSSR count). The smallest absolute Gasteiger partial charge is 0.271 e. The fourth-order valence-electron chi connectivity index (χ4n) is 1.84. The molecule has 0 aliphatic rings. The van der Waals surface area contributed by atoms with Crippen LogP contribution in [0.25, 0.3) is 17.2 Å². The summed E-state index contributed by atoms with van der Waals surface area (Å²) in [6, 6.07) is 10.5. The van der Waals surface area contributed by atoms with Crippen LogP contribution in [0.4, 0.5) is 0 Å². The van der Waals surface area contributed by atoms with Crippen molar-refractivity contribution >= 4 is 29.0 Å². The Morgan fingerprint density at radius 2 is 1.96 bits per heavy atom. The second-order valence-electron chi connectivity index (χ2n) is 4.54. The number of nitrogens with one attached hydrogen (secondary N) is 2. The Kier molecular flexibility index (Phi) is 4.10. The third-order valence-corrected chi connectivity index (χ3v) is 2.91. The number of para-hydroxylation sites is 2. The van der Waals surface area contributed by atoms with Crippen LogP contribution in [0.1, 0.15) is 16.2 Å². The third-order valence-electron chi connectivity index (χ3n) is 2.91. The van der Waals surface area contributed by atoms with Crippen LogP contribution in [0.2, 0.25) is 0 Å². The average molecular weight is 308 g/mol. The van der Waals surface area contributed by atoms with Gasteiger partial charge in [0.25, 0.3) is 11.8 Å². The summed E-state index contributed by atoms with van der Waals surface area (Å²) in [5.41, 5.74) is 6.23. The van der Waals surface area contributed by atoms with Gasteiger partial charge in [-0.1, -0.05) is 12.1 Å². The van der Waals surface area contributed by atoms with Crippen LogP contribution in [-0.4, -0.2) is 21.8 Å². The highest BCUT2D eigenvalue weighted by molar-refractivity contribution is 5.97. The number of oxazole rings is 1. The van der Waals surface area contributed by atoms with Crippen LogP contribution >= 0.6 is 0 Å². The van der Waals surface area contributed by atoms with Crippen LogP contribution in [0, 0.1) is 0 Å². The summed E-state index contributed by atoms with van der Waals surface area (Å²) in [7, 11) is 0. The molecular formula is C16H12N4O3. The van der Waals surface area contributed by atoms with Gasteiger partial charge >= 0.3 is 0 Å². The fraction of sp³-hybridized carbons (Fsp3) is 0. The number of carbonyl (C=O) groups is 2. The average Bonchev–Trinajstić information content (AvgIpc) is 3.01. The number of hydrogen-bond acceptors (Lipinski definition) is 5. The molecule has 3 aromatic rings. The molecule has 0 atom stereocenters. The minimum atomic E-state index is -0.510. The standard InChI is InChI=1S/C16H12N4O3/c21-14(19-20-16(22)11-4-3-9-17-10-11)7-8-15-18-12-5-1-2-6-13(12)23-15/h1-10H,(H,19,21)(H,20,22). The van der Waals surface area contributed by atoms with Crippen molar-refractivity contribution in [2.75, 3.05) is 0 Å². The normalized spacial score (nSPS) is 10.8. The molecule has 7 heteroatoms. The number of benzene rings is 1. The van der Waals surface area contributed by atoms with E-state index in [1.165, 1.54) is 18.3 Å². The van der Waals surface area contributed by atoms with Gasteiger partial charge in [-0.2, -0.15) is 0 Å². The Morgan fingerprint density at radius 1 is 1.09 bits per heavy atom. The topological polar surface area (TPSA) is 97.1 Å². The van der Waals surface area contributed by atoms with Gasteiger partial charge in [-0.3, -0.25) is 25.4 Å². The molecule has 2 aromatic heterocycles. The number of aromatic nitrogens is 2. The summed E-state index contributed by atoms with van der Waals surface area (Å²) >= 11 is 0. The Bertz CT molecular complexity index is 838. The lowest BCUT2D eigenvalue weighted by Crippen LogP contribution is -2.40. The summed E-state index contributed by atoms with van der Waals surface area (Å²) < 4.78 is 5.44. The SMILES string of the molecule is O=C(C=Cc1nc2ccccc2o1)NNC(=O)c1cccnc1. The lowest BCUT2D eigenvalue weighted by molar-refractivity contribution is -0.117. The van der Waals surface area contributed by atoms with Gasteiger partial charge in [0.15, 0.2) is 5.58 Å². The number of hydrogen-bond donors (Lipinski definition) is 2. The molecule has 1 aromatic carbocycles. The van der Waals surface area contributed by atoms with E-state index in [1.807, 2.05) is 18.2 Å². The van der Waals surface area contributed by atoms with E-state index in [1.54, 1.807) is 24.4 Å². The van der Waals surface area contributed by atoms with Crippen LogP contribution in [0.5, 0.6) is 0 Å². The fourth-order valence-corrected chi connectivity index (χ4v) is 1.84. The molecule has 2 amide bonds. The summed E-state index contributed by atoms with van der Waals surface area (Å²) in [5, 5.41) is 0. The molecule has 7 nitrogen and oxygen atoms in total. The monoisotopic (exact) mass is 308 g/mol. The van der Waals surface area contributed by atoms with Crippen molar-refractivity contribution in [3.8, 4) is 0 Å². The molecule has 0 bridgehead atoms. The van der Waals surface area contributed by atoms with Gasteiger partial charge in [-0.05, 0) is 24.3 Å². The predicted octanol–water partition coefficient (Wildman–Crippen LogP) is 1.70. The van der Waals surface area contributed by atoms with Crippen molar-refractivity contribution < 1.29 is 14.0 Å². The van der Waals surface area contributed by atoms with Gasteiger partial charge in [0.05, 0.1) is 5.56 Å². The van der Waals surface area contributed by atoms with Crippen molar-refractivity contribution in [3.05, 3.63) is 66.3 Å². The Balaban J connectivity index is 1.57. The lowest BCUT2D eigenvalue weighted by atomic mass is 10.3. The van der Waals surface area contributed by atoms with E-state index >= 15 is 0 Å². The van der Waals surface area contributed by atoms with Crippen LogP contribution in [-0.2, 0) is 4.79 Å². The molecule has 0 saturated carbocycles. The molecule has 0 saturated heterocycles. The van der Waals surface area contributed by atoms with Gasteiger partial charge in [-0.25, -0.2) is 4.98 Å². The van der Waals surface area contributed by atoms with Crippen LogP contribution in [0.3, 0.4) is 0 Å². The number of rotatable bonds is 3. The molecular weight excluding hydrogens is 296 g/mol. The molecule has 0 aliphatic carbocycles. The first-order valence-electron chi connectivity index (χ1n) is 6.76. The van der Waals surface area contributed by atoms with Crippen molar-refractivity contribution in [2.45, 2.75) is 0 Å². The highest BCUT2D eigenvalue weighted by Crippen LogP contribution is 2.15. The first-order chi connectivity index (χ1) is 11.2. The van der Waals surface area contributed by atoms with E-state index in [9.17, 15) is 9.59 Å². The minimum absolute atomic E-state index is 0.305. The summed E-state index contributed by atoms with van der Waals surface area (Å²) in [4.78, 5) is 31.4. The van der Waals surface area contributed by atoms with Crippen LogP contribution < -0.4 is 10.9 Å².